The highest BCUT2D eigenvalue weighted by Gasteiger charge is 2.37. The molecule has 0 spiro atoms. The molecule has 1 aliphatic rings. The second-order valence-electron chi connectivity index (χ2n) is 7.83. The van der Waals surface area contributed by atoms with Crippen LogP contribution in [-0.4, -0.2) is 22.8 Å². The molecule has 0 aromatic heterocycles. The van der Waals surface area contributed by atoms with Gasteiger partial charge >= 0.3 is 0 Å². The van der Waals surface area contributed by atoms with Crippen LogP contribution < -0.4 is 4.90 Å². The van der Waals surface area contributed by atoms with Gasteiger partial charge in [-0.1, -0.05) is 66.7 Å². The summed E-state index contributed by atoms with van der Waals surface area (Å²) >= 11 is 0. The topological polar surface area (TPSA) is 40.6 Å². The van der Waals surface area contributed by atoms with E-state index < -0.39 is 0 Å². The molecular formula is C26H26N2O2. The maximum absolute atomic E-state index is 13.3. The van der Waals surface area contributed by atoms with Crippen LogP contribution in [0.25, 0.3) is 0 Å². The number of amides is 2. The van der Waals surface area contributed by atoms with E-state index in [1.807, 2.05) is 94.7 Å². The molecule has 3 aromatic carbocycles. The Morgan fingerprint density at radius 2 is 1.50 bits per heavy atom. The average Bonchev–Trinajstić information content (AvgIpc) is 2.78. The lowest BCUT2D eigenvalue weighted by Crippen LogP contribution is -2.47. The van der Waals surface area contributed by atoms with Crippen molar-refractivity contribution in [2.45, 2.75) is 38.9 Å². The third-order valence-corrected chi connectivity index (χ3v) is 5.78. The number of hydrogen-bond donors (Lipinski definition) is 0. The van der Waals surface area contributed by atoms with Gasteiger partial charge < -0.3 is 9.80 Å². The molecule has 30 heavy (non-hydrogen) atoms. The fraction of sp³-hybridized carbons (Fsp3) is 0.231. The van der Waals surface area contributed by atoms with Gasteiger partial charge in [-0.3, -0.25) is 9.59 Å². The minimum Gasteiger partial charge on any atom is -0.331 e. The SMILES string of the molecule is CC(=O)N(Cc1ccccc1)C1CC(C)N(C(=O)c2ccccc2)c2ccccc21. The Bertz CT molecular complexity index is 1030. The van der Waals surface area contributed by atoms with E-state index in [0.29, 0.717) is 18.5 Å². The van der Waals surface area contributed by atoms with Gasteiger partial charge in [0, 0.05) is 30.8 Å². The molecule has 0 saturated heterocycles. The van der Waals surface area contributed by atoms with Gasteiger partial charge in [-0.15, -0.1) is 0 Å². The summed E-state index contributed by atoms with van der Waals surface area (Å²) in [5, 5.41) is 0. The van der Waals surface area contributed by atoms with Crippen LogP contribution in [0.2, 0.25) is 0 Å². The first kappa shape index (κ1) is 19.9. The second kappa shape index (κ2) is 8.54. The minimum absolute atomic E-state index is 0.00793. The zero-order valence-electron chi connectivity index (χ0n) is 17.4. The first-order valence-corrected chi connectivity index (χ1v) is 10.3. The largest absolute Gasteiger partial charge is 0.331 e. The Kier molecular flexibility index (Phi) is 5.66. The van der Waals surface area contributed by atoms with Gasteiger partial charge in [0.25, 0.3) is 5.91 Å². The van der Waals surface area contributed by atoms with Gasteiger partial charge in [0.1, 0.15) is 0 Å². The number of carbonyl (C=O) groups is 2. The lowest BCUT2D eigenvalue weighted by molar-refractivity contribution is -0.132. The summed E-state index contributed by atoms with van der Waals surface area (Å²) < 4.78 is 0. The summed E-state index contributed by atoms with van der Waals surface area (Å²) in [6, 6.07) is 27.3. The highest BCUT2D eigenvalue weighted by molar-refractivity contribution is 6.07. The lowest BCUT2D eigenvalue weighted by atomic mass is 9.89. The molecule has 0 saturated carbocycles. The molecule has 0 aliphatic carbocycles. The second-order valence-corrected chi connectivity index (χ2v) is 7.83. The van der Waals surface area contributed by atoms with E-state index in [4.69, 9.17) is 0 Å². The summed E-state index contributed by atoms with van der Waals surface area (Å²) in [7, 11) is 0. The number of fused-ring (bicyclic) bond motifs is 1. The summed E-state index contributed by atoms with van der Waals surface area (Å²) in [5.41, 5.74) is 3.67. The Morgan fingerprint density at radius 3 is 2.17 bits per heavy atom. The molecule has 4 nitrogen and oxygen atoms in total. The van der Waals surface area contributed by atoms with Crippen LogP contribution in [0.5, 0.6) is 0 Å². The fourth-order valence-electron chi connectivity index (χ4n) is 4.33. The van der Waals surface area contributed by atoms with Crippen molar-refractivity contribution < 1.29 is 9.59 Å². The summed E-state index contributed by atoms with van der Waals surface area (Å²) in [6.07, 6.45) is 0.696. The molecule has 0 N–H and O–H groups in total. The van der Waals surface area contributed by atoms with Crippen molar-refractivity contribution in [3.63, 3.8) is 0 Å². The number of anilines is 1. The van der Waals surface area contributed by atoms with Gasteiger partial charge in [0.2, 0.25) is 5.91 Å². The minimum atomic E-state index is -0.0753. The van der Waals surface area contributed by atoms with E-state index in [1.165, 1.54) is 0 Å². The molecule has 4 rings (SSSR count). The first-order valence-electron chi connectivity index (χ1n) is 10.3. The Labute approximate surface area is 177 Å². The average molecular weight is 399 g/mol. The van der Waals surface area contributed by atoms with Crippen molar-refractivity contribution in [2.24, 2.45) is 0 Å². The maximum atomic E-state index is 13.3. The van der Waals surface area contributed by atoms with Crippen molar-refractivity contribution in [3.8, 4) is 0 Å². The van der Waals surface area contributed by atoms with Crippen molar-refractivity contribution >= 4 is 17.5 Å². The highest BCUT2D eigenvalue weighted by atomic mass is 16.2. The molecule has 2 unspecified atom stereocenters. The number of para-hydroxylation sites is 1. The predicted octanol–water partition coefficient (Wildman–Crippen LogP) is 5.22. The summed E-state index contributed by atoms with van der Waals surface area (Å²) in [5.74, 6) is 0.0279. The summed E-state index contributed by atoms with van der Waals surface area (Å²) in [4.78, 5) is 29.8. The number of rotatable bonds is 4. The number of benzene rings is 3. The number of nitrogens with zero attached hydrogens (tertiary/aromatic N) is 2. The molecule has 0 bridgehead atoms. The Hall–Kier alpha value is -3.40. The lowest BCUT2D eigenvalue weighted by Gasteiger charge is -2.43. The third kappa shape index (κ3) is 3.86. The van der Waals surface area contributed by atoms with Crippen molar-refractivity contribution in [1.29, 1.82) is 0 Å². The van der Waals surface area contributed by atoms with Crippen LogP contribution in [0.1, 0.15) is 47.8 Å². The van der Waals surface area contributed by atoms with E-state index >= 15 is 0 Å². The quantitative estimate of drug-likeness (QED) is 0.605. The zero-order valence-corrected chi connectivity index (χ0v) is 17.4. The molecule has 1 aliphatic heterocycles. The maximum Gasteiger partial charge on any atom is 0.258 e. The number of hydrogen-bond acceptors (Lipinski definition) is 2. The van der Waals surface area contributed by atoms with E-state index in [1.54, 1.807) is 6.92 Å². The standard InChI is InChI=1S/C26H26N2O2/c1-19-17-25(27(20(2)29)18-21-11-5-3-6-12-21)23-15-9-10-16-24(23)28(19)26(30)22-13-7-4-8-14-22/h3-16,19,25H,17-18H2,1-2H3. The highest BCUT2D eigenvalue weighted by Crippen LogP contribution is 2.41. The first-order chi connectivity index (χ1) is 14.6. The monoisotopic (exact) mass is 398 g/mol. The van der Waals surface area contributed by atoms with Gasteiger partial charge in [0.05, 0.1) is 6.04 Å². The van der Waals surface area contributed by atoms with Crippen molar-refractivity contribution in [3.05, 3.63) is 102 Å². The molecule has 0 radical (unpaired) electrons. The van der Waals surface area contributed by atoms with Gasteiger partial charge in [-0.2, -0.15) is 0 Å². The molecule has 152 valence electrons. The smallest absolute Gasteiger partial charge is 0.258 e. The van der Waals surface area contributed by atoms with Gasteiger partial charge in [0.15, 0.2) is 0 Å². The van der Waals surface area contributed by atoms with E-state index in [-0.39, 0.29) is 23.9 Å². The van der Waals surface area contributed by atoms with Crippen LogP contribution in [0.4, 0.5) is 5.69 Å². The molecule has 4 heteroatoms. The van der Waals surface area contributed by atoms with Crippen LogP contribution in [0.15, 0.2) is 84.9 Å². The fourth-order valence-corrected chi connectivity index (χ4v) is 4.33. The van der Waals surface area contributed by atoms with Gasteiger partial charge in [-0.05, 0) is 42.7 Å². The van der Waals surface area contributed by atoms with E-state index in [2.05, 4.69) is 6.92 Å². The Balaban J connectivity index is 1.72. The van der Waals surface area contributed by atoms with Crippen LogP contribution in [-0.2, 0) is 11.3 Å². The number of carbonyl (C=O) groups excluding carboxylic acids is 2. The van der Waals surface area contributed by atoms with Gasteiger partial charge in [-0.25, -0.2) is 0 Å². The van der Waals surface area contributed by atoms with E-state index in [9.17, 15) is 9.59 Å². The molecule has 3 aromatic rings. The van der Waals surface area contributed by atoms with E-state index in [0.717, 1.165) is 16.8 Å². The third-order valence-electron chi connectivity index (χ3n) is 5.78. The van der Waals surface area contributed by atoms with Crippen LogP contribution in [0.3, 0.4) is 0 Å². The summed E-state index contributed by atoms with van der Waals surface area (Å²) in [6.45, 7) is 4.23. The van der Waals surface area contributed by atoms with Crippen molar-refractivity contribution in [2.75, 3.05) is 4.90 Å². The molecular weight excluding hydrogens is 372 g/mol. The zero-order chi connectivity index (χ0) is 21.1. The molecule has 0 fully saturated rings. The van der Waals surface area contributed by atoms with Crippen molar-refractivity contribution in [1.82, 2.24) is 4.90 Å². The Morgan fingerprint density at radius 1 is 0.900 bits per heavy atom. The normalized spacial score (nSPS) is 17.9. The molecule has 2 amide bonds. The van der Waals surface area contributed by atoms with Crippen LogP contribution in [0, 0.1) is 0 Å². The van der Waals surface area contributed by atoms with Crippen LogP contribution >= 0.6 is 0 Å². The molecule has 1 heterocycles. The molecule has 2 atom stereocenters. The predicted molar refractivity (Wildman–Crippen MR) is 119 cm³/mol.